The molecule has 1 N–H and O–H groups in total. The Hall–Kier alpha value is -3.30. The van der Waals surface area contributed by atoms with E-state index < -0.39 is 17.3 Å². The molecule has 0 bridgehead atoms. The first-order chi connectivity index (χ1) is 12.6. The van der Waals surface area contributed by atoms with Crippen molar-refractivity contribution in [2.45, 2.75) is 18.8 Å². The Morgan fingerprint density at radius 2 is 1.88 bits per heavy atom. The van der Waals surface area contributed by atoms with Crippen LogP contribution in [0.4, 0.5) is 0 Å². The molecule has 26 heavy (non-hydrogen) atoms. The molecule has 6 nitrogen and oxygen atoms in total. The number of ether oxygens (including phenoxy) is 2. The van der Waals surface area contributed by atoms with E-state index in [1.165, 1.54) is 7.11 Å². The first-order valence-corrected chi connectivity index (χ1v) is 8.30. The van der Waals surface area contributed by atoms with Gasteiger partial charge in [-0.2, -0.15) is 15.8 Å². The van der Waals surface area contributed by atoms with Crippen LogP contribution in [0.3, 0.4) is 0 Å². The van der Waals surface area contributed by atoms with Gasteiger partial charge in [0.05, 0.1) is 38.1 Å². The van der Waals surface area contributed by atoms with E-state index in [-0.39, 0.29) is 11.6 Å². The average molecular weight is 346 g/mol. The van der Waals surface area contributed by atoms with Gasteiger partial charge < -0.3 is 14.9 Å². The maximum absolute atomic E-state index is 9.93. The molecule has 1 fully saturated rings. The van der Waals surface area contributed by atoms with Gasteiger partial charge in [-0.05, 0) is 30.4 Å². The number of nitrogens with one attached hydrogen (secondary N) is 1. The van der Waals surface area contributed by atoms with E-state index in [4.69, 9.17) is 14.9 Å². The largest absolute Gasteiger partial charge is 0.497 e. The van der Waals surface area contributed by atoms with Crippen molar-refractivity contribution in [3.8, 4) is 29.7 Å². The molecule has 3 atom stereocenters. The van der Waals surface area contributed by atoms with E-state index >= 15 is 0 Å². The molecule has 0 aliphatic heterocycles. The summed E-state index contributed by atoms with van der Waals surface area (Å²) in [6.45, 7) is 0. The van der Waals surface area contributed by atoms with Crippen molar-refractivity contribution in [1.29, 1.82) is 21.2 Å². The molecule has 0 aromatic heterocycles. The van der Waals surface area contributed by atoms with E-state index in [1.807, 2.05) is 6.08 Å². The highest BCUT2D eigenvalue weighted by atomic mass is 16.5. The lowest BCUT2D eigenvalue weighted by Crippen LogP contribution is -2.47. The predicted molar refractivity (Wildman–Crippen MR) is 93.6 cm³/mol. The second-order valence-corrected chi connectivity index (χ2v) is 6.48. The topological polar surface area (TPSA) is 114 Å². The van der Waals surface area contributed by atoms with Crippen molar-refractivity contribution in [3.05, 3.63) is 35.4 Å². The first-order valence-electron chi connectivity index (χ1n) is 8.30. The smallest absolute Gasteiger partial charge is 0.189 e. The fourth-order valence-corrected chi connectivity index (χ4v) is 4.25. The average Bonchev–Trinajstić information content (AvgIpc) is 3.15. The number of hydrogen-bond donors (Lipinski definition) is 1. The Balaban J connectivity index is 2.26. The van der Waals surface area contributed by atoms with E-state index in [1.54, 1.807) is 25.3 Å². The lowest BCUT2D eigenvalue weighted by molar-refractivity contribution is 0.333. The maximum atomic E-state index is 9.93. The highest BCUT2D eigenvalue weighted by molar-refractivity contribution is 6.01. The van der Waals surface area contributed by atoms with Crippen molar-refractivity contribution in [1.82, 2.24) is 0 Å². The number of rotatable bonds is 3. The predicted octanol–water partition coefficient (Wildman–Crippen LogP) is 3.33. The van der Waals surface area contributed by atoms with Crippen LogP contribution in [0.2, 0.25) is 0 Å². The van der Waals surface area contributed by atoms with Crippen LogP contribution in [0.5, 0.6) is 11.5 Å². The minimum absolute atomic E-state index is 0.141. The van der Waals surface area contributed by atoms with Gasteiger partial charge in [0.1, 0.15) is 17.4 Å². The molecular formula is C20H18N4O2. The highest BCUT2D eigenvalue weighted by Gasteiger charge is 2.58. The summed E-state index contributed by atoms with van der Waals surface area (Å²) in [6.07, 6.45) is 3.49. The summed E-state index contributed by atoms with van der Waals surface area (Å²) < 4.78 is 10.7. The SMILES string of the molecule is COc1ccc(C2C3CCC=C3C(C#N)C(=N)C2(C#N)C#N)c(OC)c1. The van der Waals surface area contributed by atoms with Crippen LogP contribution in [0, 0.1) is 56.7 Å². The minimum atomic E-state index is -1.70. The standard InChI is InChI=1S/C20H18N4O2/c1-25-12-6-7-15(17(8-12)26-2)18-14-5-3-4-13(14)16(9-21)19(24)20(18,10-22)11-23/h4,6-8,14,16,18,24H,3,5H2,1-2H3. The number of methoxy groups -OCH3 is 2. The number of benzene rings is 1. The second-order valence-electron chi connectivity index (χ2n) is 6.48. The number of nitrogens with zero attached hydrogens (tertiary/aromatic N) is 3. The molecule has 6 heteroatoms. The maximum Gasteiger partial charge on any atom is 0.189 e. The molecule has 1 aromatic carbocycles. The lowest BCUT2D eigenvalue weighted by atomic mass is 9.55. The van der Waals surface area contributed by atoms with E-state index in [9.17, 15) is 15.8 Å². The van der Waals surface area contributed by atoms with Gasteiger partial charge in [0.15, 0.2) is 5.41 Å². The molecule has 1 aromatic rings. The van der Waals surface area contributed by atoms with Crippen molar-refractivity contribution >= 4 is 5.71 Å². The zero-order chi connectivity index (χ0) is 18.9. The quantitative estimate of drug-likeness (QED) is 0.843. The van der Waals surface area contributed by atoms with Crippen LogP contribution in [0.1, 0.15) is 24.3 Å². The Morgan fingerprint density at radius 3 is 2.46 bits per heavy atom. The fraction of sp³-hybridized carbons (Fsp3) is 0.400. The zero-order valence-electron chi connectivity index (χ0n) is 14.6. The summed E-state index contributed by atoms with van der Waals surface area (Å²) in [5, 5.41) is 37.9. The third-order valence-electron chi connectivity index (χ3n) is 5.46. The molecule has 3 unspecified atom stereocenters. The van der Waals surface area contributed by atoms with Gasteiger partial charge in [-0.15, -0.1) is 0 Å². The monoisotopic (exact) mass is 346 g/mol. The summed E-state index contributed by atoms with van der Waals surface area (Å²) in [4.78, 5) is 0. The highest BCUT2D eigenvalue weighted by Crippen LogP contribution is 2.57. The number of hydrogen-bond acceptors (Lipinski definition) is 6. The van der Waals surface area contributed by atoms with Crippen LogP contribution in [0.15, 0.2) is 29.8 Å². The summed E-state index contributed by atoms with van der Waals surface area (Å²) in [5.74, 6) is -0.409. The van der Waals surface area contributed by atoms with Gasteiger partial charge >= 0.3 is 0 Å². The van der Waals surface area contributed by atoms with Crippen molar-refractivity contribution in [2.24, 2.45) is 17.3 Å². The van der Waals surface area contributed by atoms with Gasteiger partial charge in [-0.1, -0.05) is 12.1 Å². The van der Waals surface area contributed by atoms with Crippen LogP contribution in [0.25, 0.3) is 0 Å². The molecule has 2 aliphatic rings. The third-order valence-corrected chi connectivity index (χ3v) is 5.46. The summed E-state index contributed by atoms with van der Waals surface area (Å²) in [5.41, 5.74) is -0.302. The Kier molecular flexibility index (Phi) is 4.41. The van der Waals surface area contributed by atoms with E-state index in [2.05, 4.69) is 18.2 Å². The van der Waals surface area contributed by atoms with Crippen molar-refractivity contribution < 1.29 is 9.47 Å². The van der Waals surface area contributed by atoms with Gasteiger partial charge in [0.2, 0.25) is 0 Å². The van der Waals surface area contributed by atoms with Crippen LogP contribution in [-0.4, -0.2) is 19.9 Å². The van der Waals surface area contributed by atoms with Gasteiger partial charge in [0, 0.05) is 17.5 Å². The third kappa shape index (κ3) is 2.25. The molecule has 0 radical (unpaired) electrons. The molecule has 2 aliphatic carbocycles. The van der Waals surface area contributed by atoms with Crippen LogP contribution in [-0.2, 0) is 0 Å². The molecule has 0 spiro atoms. The Labute approximate surface area is 152 Å². The lowest BCUT2D eigenvalue weighted by Gasteiger charge is -2.43. The fourth-order valence-electron chi connectivity index (χ4n) is 4.25. The number of fused-ring (bicyclic) bond motifs is 1. The molecular weight excluding hydrogens is 328 g/mol. The second kappa shape index (κ2) is 6.54. The van der Waals surface area contributed by atoms with Crippen LogP contribution >= 0.6 is 0 Å². The van der Waals surface area contributed by atoms with Gasteiger partial charge in [-0.25, -0.2) is 0 Å². The van der Waals surface area contributed by atoms with Crippen molar-refractivity contribution in [2.75, 3.05) is 14.2 Å². The van der Waals surface area contributed by atoms with Gasteiger partial charge in [0.25, 0.3) is 0 Å². The zero-order valence-corrected chi connectivity index (χ0v) is 14.6. The summed E-state index contributed by atoms with van der Waals surface area (Å²) >= 11 is 0. The Morgan fingerprint density at radius 1 is 1.15 bits per heavy atom. The normalized spacial score (nSPS) is 25.9. The number of allylic oxidation sites excluding steroid dienone is 2. The first kappa shape index (κ1) is 17.5. The molecule has 0 saturated heterocycles. The number of nitriles is 3. The molecule has 1 saturated carbocycles. The van der Waals surface area contributed by atoms with Gasteiger partial charge in [-0.3, -0.25) is 0 Å². The molecule has 130 valence electrons. The minimum Gasteiger partial charge on any atom is -0.497 e. The summed E-state index contributed by atoms with van der Waals surface area (Å²) in [7, 11) is 3.07. The molecule has 3 rings (SSSR count). The summed E-state index contributed by atoms with van der Waals surface area (Å²) in [6, 6.07) is 11.5. The van der Waals surface area contributed by atoms with Crippen molar-refractivity contribution in [3.63, 3.8) is 0 Å². The van der Waals surface area contributed by atoms with Crippen LogP contribution < -0.4 is 9.47 Å². The molecule has 0 amide bonds. The van der Waals surface area contributed by atoms with E-state index in [0.29, 0.717) is 17.1 Å². The van der Waals surface area contributed by atoms with E-state index in [0.717, 1.165) is 18.4 Å². The molecule has 0 heterocycles. The Bertz CT molecular complexity index is 899.